The molecule has 0 fully saturated rings. The van der Waals surface area contributed by atoms with E-state index < -0.39 is 0 Å². The Morgan fingerprint density at radius 3 is 2.55 bits per heavy atom. The summed E-state index contributed by atoms with van der Waals surface area (Å²) in [5, 5.41) is 0. The predicted molar refractivity (Wildman–Crippen MR) is 122 cm³/mol. The van der Waals surface area contributed by atoms with Crippen LogP contribution in [0.15, 0.2) is 77.7 Å². The van der Waals surface area contributed by atoms with E-state index in [1.165, 1.54) is 21.5 Å². The van der Waals surface area contributed by atoms with Crippen LogP contribution >= 0.6 is 11.8 Å². The van der Waals surface area contributed by atoms with E-state index in [2.05, 4.69) is 91.2 Å². The lowest BCUT2D eigenvalue weighted by molar-refractivity contribution is 0.300. The topological polar surface area (TPSA) is 27.1 Å². The van der Waals surface area contributed by atoms with Crippen molar-refractivity contribution in [1.82, 2.24) is 9.55 Å². The SMILES string of the molecule is Cc1cccc(OCCCn2c(CSc3ccccc3)nc3ccccc32)c1C. The van der Waals surface area contributed by atoms with Crippen molar-refractivity contribution >= 4 is 22.8 Å². The molecule has 0 atom stereocenters. The predicted octanol–water partition coefficient (Wildman–Crippen LogP) is 6.41. The molecule has 3 nitrogen and oxygen atoms in total. The van der Waals surface area contributed by atoms with E-state index in [-0.39, 0.29) is 0 Å². The molecule has 0 unspecified atom stereocenters. The zero-order valence-electron chi connectivity index (χ0n) is 17.0. The number of hydrogen-bond acceptors (Lipinski definition) is 3. The second-order valence-electron chi connectivity index (χ2n) is 7.17. The van der Waals surface area contributed by atoms with Crippen LogP contribution in [0.25, 0.3) is 11.0 Å². The summed E-state index contributed by atoms with van der Waals surface area (Å²) < 4.78 is 8.40. The Balaban J connectivity index is 1.45. The fraction of sp³-hybridized carbons (Fsp3) is 0.240. The highest BCUT2D eigenvalue weighted by Gasteiger charge is 2.11. The molecule has 0 saturated heterocycles. The highest BCUT2D eigenvalue weighted by atomic mass is 32.2. The van der Waals surface area contributed by atoms with E-state index in [1.807, 2.05) is 11.8 Å². The van der Waals surface area contributed by atoms with Crippen LogP contribution in [0.3, 0.4) is 0 Å². The quantitative estimate of drug-likeness (QED) is 0.251. The highest BCUT2D eigenvalue weighted by Crippen LogP contribution is 2.25. The minimum Gasteiger partial charge on any atom is -0.493 e. The van der Waals surface area contributed by atoms with Crippen molar-refractivity contribution in [1.29, 1.82) is 0 Å². The van der Waals surface area contributed by atoms with Crippen molar-refractivity contribution in [2.75, 3.05) is 6.61 Å². The lowest BCUT2D eigenvalue weighted by Crippen LogP contribution is -2.08. The first-order chi connectivity index (χ1) is 14.2. The fourth-order valence-corrected chi connectivity index (χ4v) is 4.30. The molecule has 3 aromatic carbocycles. The molecule has 0 aliphatic carbocycles. The first kappa shape index (κ1) is 19.6. The van der Waals surface area contributed by atoms with Crippen molar-refractivity contribution in [2.45, 2.75) is 37.5 Å². The summed E-state index contributed by atoms with van der Waals surface area (Å²) in [5.41, 5.74) is 4.75. The summed E-state index contributed by atoms with van der Waals surface area (Å²) in [7, 11) is 0. The van der Waals surface area contributed by atoms with Crippen molar-refractivity contribution in [3.05, 3.63) is 89.7 Å². The molecule has 1 aromatic heterocycles. The summed E-state index contributed by atoms with van der Waals surface area (Å²) in [4.78, 5) is 6.16. The van der Waals surface area contributed by atoms with Crippen LogP contribution in [-0.4, -0.2) is 16.2 Å². The van der Waals surface area contributed by atoms with Crippen LogP contribution in [0.5, 0.6) is 5.75 Å². The Morgan fingerprint density at radius 2 is 1.69 bits per heavy atom. The molecule has 29 heavy (non-hydrogen) atoms. The van der Waals surface area contributed by atoms with Gasteiger partial charge in [-0.1, -0.05) is 42.5 Å². The third kappa shape index (κ3) is 4.65. The summed E-state index contributed by atoms with van der Waals surface area (Å²) >= 11 is 1.83. The number of imidazole rings is 1. The van der Waals surface area contributed by atoms with Crippen LogP contribution < -0.4 is 4.74 Å². The second kappa shape index (κ2) is 9.19. The van der Waals surface area contributed by atoms with Gasteiger partial charge in [-0.15, -0.1) is 11.8 Å². The second-order valence-corrected chi connectivity index (χ2v) is 8.22. The maximum absolute atomic E-state index is 6.06. The number of nitrogens with zero attached hydrogens (tertiary/aromatic N) is 2. The minimum absolute atomic E-state index is 0.696. The Morgan fingerprint density at radius 1 is 0.897 bits per heavy atom. The molecule has 0 spiro atoms. The number of aromatic nitrogens is 2. The average molecular weight is 403 g/mol. The van der Waals surface area contributed by atoms with E-state index in [9.17, 15) is 0 Å². The standard InChI is InChI=1S/C25H26N2OS/c1-19-10-8-15-24(20(19)2)28-17-9-16-27-23-14-7-6-13-22(23)26-25(27)18-29-21-11-4-3-5-12-21/h3-8,10-15H,9,16-18H2,1-2H3. The van der Waals surface area contributed by atoms with Gasteiger partial charge in [0.25, 0.3) is 0 Å². The van der Waals surface area contributed by atoms with Gasteiger partial charge in [-0.2, -0.15) is 0 Å². The summed E-state index contributed by atoms with van der Waals surface area (Å²) in [6, 6.07) is 25.1. The molecule has 0 radical (unpaired) electrons. The van der Waals surface area contributed by atoms with Crippen molar-refractivity contribution in [3.63, 3.8) is 0 Å². The molecule has 4 aromatic rings. The van der Waals surface area contributed by atoms with Gasteiger partial charge in [0.1, 0.15) is 11.6 Å². The lowest BCUT2D eigenvalue weighted by atomic mass is 10.1. The smallest absolute Gasteiger partial charge is 0.122 e. The molecule has 0 aliphatic heterocycles. The van der Waals surface area contributed by atoms with Gasteiger partial charge in [-0.25, -0.2) is 4.98 Å². The van der Waals surface area contributed by atoms with E-state index in [0.29, 0.717) is 6.61 Å². The van der Waals surface area contributed by atoms with Gasteiger partial charge < -0.3 is 9.30 Å². The number of hydrogen-bond donors (Lipinski definition) is 0. The largest absolute Gasteiger partial charge is 0.493 e. The van der Waals surface area contributed by atoms with Gasteiger partial charge in [0.2, 0.25) is 0 Å². The number of ether oxygens (including phenoxy) is 1. The molecule has 0 amide bonds. The first-order valence-electron chi connectivity index (χ1n) is 10.0. The normalized spacial score (nSPS) is 11.1. The Bertz CT molecular complexity index is 1090. The number of para-hydroxylation sites is 2. The van der Waals surface area contributed by atoms with Crippen LogP contribution in [0, 0.1) is 13.8 Å². The van der Waals surface area contributed by atoms with E-state index in [4.69, 9.17) is 9.72 Å². The lowest BCUT2D eigenvalue weighted by Gasteiger charge is -2.12. The third-order valence-electron chi connectivity index (χ3n) is 5.18. The van der Waals surface area contributed by atoms with Crippen LogP contribution in [0.1, 0.15) is 23.4 Å². The van der Waals surface area contributed by atoms with Gasteiger partial charge in [0.05, 0.1) is 23.4 Å². The van der Waals surface area contributed by atoms with Crippen molar-refractivity contribution in [3.8, 4) is 5.75 Å². The molecule has 4 heteroatoms. The monoisotopic (exact) mass is 402 g/mol. The number of thioether (sulfide) groups is 1. The average Bonchev–Trinajstić information content (AvgIpc) is 3.11. The van der Waals surface area contributed by atoms with Gasteiger partial charge >= 0.3 is 0 Å². The molecule has 0 saturated carbocycles. The molecule has 1 heterocycles. The maximum Gasteiger partial charge on any atom is 0.122 e. The number of rotatable bonds is 8. The van der Waals surface area contributed by atoms with Crippen LogP contribution in [0.4, 0.5) is 0 Å². The zero-order chi connectivity index (χ0) is 20.1. The van der Waals surface area contributed by atoms with Crippen LogP contribution in [0.2, 0.25) is 0 Å². The van der Waals surface area contributed by atoms with Crippen molar-refractivity contribution in [2.24, 2.45) is 0 Å². The fourth-order valence-electron chi connectivity index (χ4n) is 3.44. The molecule has 148 valence electrons. The molecule has 0 aliphatic rings. The Kier molecular flexibility index (Phi) is 6.20. The highest BCUT2D eigenvalue weighted by molar-refractivity contribution is 7.98. The van der Waals surface area contributed by atoms with E-state index >= 15 is 0 Å². The number of aryl methyl sites for hydroxylation is 2. The molecular formula is C25H26N2OS. The summed E-state index contributed by atoms with van der Waals surface area (Å²) in [6.45, 7) is 5.83. The van der Waals surface area contributed by atoms with E-state index in [0.717, 1.165) is 35.8 Å². The van der Waals surface area contributed by atoms with Gasteiger partial charge in [0, 0.05) is 11.4 Å². The maximum atomic E-state index is 6.06. The number of benzene rings is 3. The Hall–Kier alpha value is -2.72. The first-order valence-corrected chi connectivity index (χ1v) is 11.0. The van der Waals surface area contributed by atoms with Gasteiger partial charge in [0.15, 0.2) is 0 Å². The molecule has 0 N–H and O–H groups in total. The molecule has 4 rings (SSSR count). The summed E-state index contributed by atoms with van der Waals surface area (Å²) in [6.07, 6.45) is 0.941. The minimum atomic E-state index is 0.696. The van der Waals surface area contributed by atoms with Crippen LogP contribution in [-0.2, 0) is 12.3 Å². The summed E-state index contributed by atoms with van der Waals surface area (Å²) in [5.74, 6) is 2.96. The van der Waals surface area contributed by atoms with Gasteiger partial charge in [-0.3, -0.25) is 0 Å². The third-order valence-corrected chi connectivity index (χ3v) is 6.19. The Labute approximate surface area is 176 Å². The van der Waals surface area contributed by atoms with E-state index in [1.54, 1.807) is 0 Å². The van der Waals surface area contributed by atoms with Crippen molar-refractivity contribution < 1.29 is 4.74 Å². The molecule has 0 bridgehead atoms. The molecular weight excluding hydrogens is 376 g/mol. The zero-order valence-corrected chi connectivity index (χ0v) is 17.8. The number of fused-ring (bicyclic) bond motifs is 1. The van der Waals surface area contributed by atoms with Gasteiger partial charge in [-0.05, 0) is 61.7 Å².